The SMILES string of the molecule is Cn1c(CNC(=O)[C@@H](Cc2ccccc2)NS(=O)(=O)c2ccc3ccccc3c2)nc2ccccc21. The van der Waals surface area contributed by atoms with E-state index in [0.717, 1.165) is 27.4 Å². The van der Waals surface area contributed by atoms with Crippen molar-refractivity contribution in [3.05, 3.63) is 108 Å². The van der Waals surface area contributed by atoms with Gasteiger partial charge in [0.2, 0.25) is 15.9 Å². The minimum atomic E-state index is -3.96. The quantitative estimate of drug-likeness (QED) is 0.339. The number of hydrogen-bond donors (Lipinski definition) is 2. The predicted octanol–water partition coefficient (Wildman–Crippen LogP) is 3.93. The zero-order valence-electron chi connectivity index (χ0n) is 19.8. The summed E-state index contributed by atoms with van der Waals surface area (Å²) < 4.78 is 31.2. The fourth-order valence-corrected chi connectivity index (χ4v) is 5.50. The van der Waals surface area contributed by atoms with Crippen molar-refractivity contribution < 1.29 is 13.2 Å². The maximum Gasteiger partial charge on any atom is 0.241 e. The Kier molecular flexibility index (Phi) is 6.54. The van der Waals surface area contributed by atoms with Crippen molar-refractivity contribution in [3.8, 4) is 0 Å². The van der Waals surface area contributed by atoms with E-state index in [0.29, 0.717) is 5.82 Å². The average Bonchev–Trinajstić information content (AvgIpc) is 3.22. The van der Waals surface area contributed by atoms with Crippen LogP contribution in [0.15, 0.2) is 102 Å². The average molecular weight is 499 g/mol. The lowest BCUT2D eigenvalue weighted by molar-refractivity contribution is -0.122. The Labute approximate surface area is 209 Å². The van der Waals surface area contributed by atoms with Crippen LogP contribution in [0.1, 0.15) is 11.4 Å². The fraction of sp³-hybridized carbons (Fsp3) is 0.143. The summed E-state index contributed by atoms with van der Waals surface area (Å²) in [7, 11) is -2.07. The molecule has 0 aliphatic rings. The van der Waals surface area contributed by atoms with Gasteiger partial charge in [-0.3, -0.25) is 4.79 Å². The first-order chi connectivity index (χ1) is 17.4. The van der Waals surface area contributed by atoms with Crippen LogP contribution in [0.4, 0.5) is 0 Å². The summed E-state index contributed by atoms with van der Waals surface area (Å²) in [6.45, 7) is 0.174. The number of hydrogen-bond acceptors (Lipinski definition) is 4. The summed E-state index contributed by atoms with van der Waals surface area (Å²) in [6, 6.07) is 28.6. The highest BCUT2D eigenvalue weighted by Crippen LogP contribution is 2.20. The molecule has 5 aromatic rings. The molecule has 1 atom stereocenters. The maximum absolute atomic E-state index is 13.3. The van der Waals surface area contributed by atoms with Crippen LogP contribution < -0.4 is 10.0 Å². The molecule has 0 radical (unpaired) electrons. The Balaban J connectivity index is 1.39. The van der Waals surface area contributed by atoms with Crippen LogP contribution in [0.3, 0.4) is 0 Å². The van der Waals surface area contributed by atoms with E-state index in [4.69, 9.17) is 0 Å². The van der Waals surface area contributed by atoms with Gasteiger partial charge in [0.1, 0.15) is 11.9 Å². The third-order valence-electron chi connectivity index (χ3n) is 6.23. The second-order valence-electron chi connectivity index (χ2n) is 8.67. The van der Waals surface area contributed by atoms with E-state index in [1.54, 1.807) is 18.2 Å². The molecule has 1 amide bonds. The standard InChI is InChI=1S/C28H26N4O3S/c1-32-26-14-8-7-13-24(26)30-27(32)19-29-28(33)25(17-20-9-3-2-4-10-20)31-36(34,35)23-16-15-21-11-5-6-12-22(21)18-23/h2-16,18,25,31H,17,19H2,1H3,(H,29,33)/t25-/m1/s1. The van der Waals surface area contributed by atoms with Crippen molar-refractivity contribution in [1.29, 1.82) is 0 Å². The predicted molar refractivity (Wildman–Crippen MR) is 141 cm³/mol. The zero-order chi connectivity index (χ0) is 25.1. The van der Waals surface area contributed by atoms with E-state index >= 15 is 0 Å². The second kappa shape index (κ2) is 9.93. The number of nitrogens with one attached hydrogen (secondary N) is 2. The highest BCUT2D eigenvalue weighted by Gasteiger charge is 2.26. The molecular formula is C28H26N4O3S. The number of para-hydroxylation sites is 2. The van der Waals surface area contributed by atoms with Crippen molar-refractivity contribution >= 4 is 37.7 Å². The van der Waals surface area contributed by atoms with Gasteiger partial charge < -0.3 is 9.88 Å². The molecule has 1 heterocycles. The summed E-state index contributed by atoms with van der Waals surface area (Å²) in [4.78, 5) is 18.0. The van der Waals surface area contributed by atoms with E-state index in [2.05, 4.69) is 15.0 Å². The van der Waals surface area contributed by atoms with Gasteiger partial charge >= 0.3 is 0 Å². The number of sulfonamides is 1. The number of fused-ring (bicyclic) bond motifs is 2. The molecule has 0 unspecified atom stereocenters. The molecule has 36 heavy (non-hydrogen) atoms. The van der Waals surface area contributed by atoms with Gasteiger partial charge in [0.05, 0.1) is 22.5 Å². The number of aryl methyl sites for hydroxylation is 1. The number of carbonyl (C=O) groups is 1. The molecule has 0 aliphatic heterocycles. The first kappa shape index (κ1) is 23.7. The lowest BCUT2D eigenvalue weighted by Crippen LogP contribution is -2.47. The summed E-state index contributed by atoms with van der Waals surface area (Å²) in [5, 5.41) is 4.63. The lowest BCUT2D eigenvalue weighted by Gasteiger charge is -2.19. The third-order valence-corrected chi connectivity index (χ3v) is 7.70. The molecule has 0 bridgehead atoms. The highest BCUT2D eigenvalue weighted by molar-refractivity contribution is 7.89. The molecule has 4 aromatic carbocycles. The van der Waals surface area contributed by atoms with Crippen LogP contribution >= 0.6 is 0 Å². The molecule has 0 spiro atoms. The molecule has 1 aromatic heterocycles. The lowest BCUT2D eigenvalue weighted by atomic mass is 10.1. The van der Waals surface area contributed by atoms with Crippen LogP contribution in [-0.4, -0.2) is 29.9 Å². The van der Waals surface area contributed by atoms with E-state index in [-0.39, 0.29) is 17.9 Å². The summed E-state index contributed by atoms with van der Waals surface area (Å²) in [5.74, 6) is 0.260. The van der Waals surface area contributed by atoms with Gasteiger partial charge in [0, 0.05) is 7.05 Å². The summed E-state index contributed by atoms with van der Waals surface area (Å²) in [6.07, 6.45) is 0.210. The molecule has 5 rings (SSSR count). The van der Waals surface area contributed by atoms with Crippen LogP contribution in [0.5, 0.6) is 0 Å². The Morgan fingerprint density at radius 2 is 1.58 bits per heavy atom. The third kappa shape index (κ3) is 5.00. The first-order valence-electron chi connectivity index (χ1n) is 11.6. The van der Waals surface area contributed by atoms with Crippen LogP contribution in [0.25, 0.3) is 21.8 Å². The maximum atomic E-state index is 13.3. The van der Waals surface area contributed by atoms with E-state index in [9.17, 15) is 13.2 Å². The fourth-order valence-electron chi connectivity index (χ4n) is 4.27. The van der Waals surface area contributed by atoms with Crippen LogP contribution in [-0.2, 0) is 34.8 Å². The molecule has 0 saturated carbocycles. The number of rotatable bonds is 8. The smallest absolute Gasteiger partial charge is 0.241 e. The normalized spacial score (nSPS) is 12.6. The zero-order valence-corrected chi connectivity index (χ0v) is 20.6. The molecule has 2 N–H and O–H groups in total. The van der Waals surface area contributed by atoms with Crippen molar-refractivity contribution in [2.45, 2.75) is 23.9 Å². The second-order valence-corrected chi connectivity index (χ2v) is 10.4. The van der Waals surface area contributed by atoms with Crippen LogP contribution in [0.2, 0.25) is 0 Å². The van der Waals surface area contributed by atoms with Gasteiger partial charge in [0.25, 0.3) is 0 Å². The number of imidazole rings is 1. The number of amides is 1. The molecule has 0 aliphatic carbocycles. The monoisotopic (exact) mass is 498 g/mol. The van der Waals surface area contributed by atoms with Gasteiger partial charge in [-0.05, 0) is 47.0 Å². The highest BCUT2D eigenvalue weighted by atomic mass is 32.2. The van der Waals surface area contributed by atoms with Gasteiger partial charge in [0.15, 0.2) is 0 Å². The Morgan fingerprint density at radius 1 is 0.889 bits per heavy atom. The molecule has 8 heteroatoms. The van der Waals surface area contributed by atoms with Gasteiger partial charge in [-0.2, -0.15) is 4.72 Å². The van der Waals surface area contributed by atoms with Crippen molar-refractivity contribution in [1.82, 2.24) is 19.6 Å². The molecule has 182 valence electrons. The minimum Gasteiger partial charge on any atom is -0.347 e. The minimum absolute atomic E-state index is 0.113. The van der Waals surface area contributed by atoms with Gasteiger partial charge in [-0.1, -0.05) is 72.8 Å². The van der Waals surface area contributed by atoms with Crippen molar-refractivity contribution in [2.75, 3.05) is 0 Å². The Bertz CT molecular complexity index is 1650. The number of nitrogens with zero attached hydrogens (tertiary/aromatic N) is 2. The molecular weight excluding hydrogens is 472 g/mol. The van der Waals surface area contributed by atoms with Gasteiger partial charge in [-0.15, -0.1) is 0 Å². The van der Waals surface area contributed by atoms with E-state index in [1.165, 1.54) is 0 Å². The van der Waals surface area contributed by atoms with E-state index < -0.39 is 22.0 Å². The number of carbonyl (C=O) groups excluding carboxylic acids is 1. The van der Waals surface area contributed by atoms with Crippen molar-refractivity contribution in [2.24, 2.45) is 7.05 Å². The first-order valence-corrected chi connectivity index (χ1v) is 13.1. The Morgan fingerprint density at radius 3 is 2.36 bits per heavy atom. The van der Waals surface area contributed by atoms with Crippen LogP contribution in [0, 0.1) is 0 Å². The summed E-state index contributed by atoms with van der Waals surface area (Å²) in [5.41, 5.74) is 2.64. The topological polar surface area (TPSA) is 93.1 Å². The van der Waals surface area contributed by atoms with Gasteiger partial charge in [-0.25, -0.2) is 13.4 Å². The molecule has 7 nitrogen and oxygen atoms in total. The Hall–Kier alpha value is -4.01. The number of benzene rings is 4. The van der Waals surface area contributed by atoms with E-state index in [1.807, 2.05) is 90.5 Å². The van der Waals surface area contributed by atoms with Crippen molar-refractivity contribution in [3.63, 3.8) is 0 Å². The number of aromatic nitrogens is 2. The largest absolute Gasteiger partial charge is 0.347 e. The summed E-state index contributed by atoms with van der Waals surface area (Å²) >= 11 is 0. The molecule has 0 saturated heterocycles. The molecule has 0 fully saturated rings.